The first-order valence-corrected chi connectivity index (χ1v) is 6.94. The third-order valence-corrected chi connectivity index (χ3v) is 2.99. The number of hydrogen-bond donors (Lipinski definition) is 1. The minimum Gasteiger partial charge on any atom is -0.497 e. The van der Waals surface area contributed by atoms with E-state index in [1.54, 1.807) is 7.11 Å². The predicted molar refractivity (Wildman–Crippen MR) is 80.6 cm³/mol. The second-order valence-corrected chi connectivity index (χ2v) is 4.78. The van der Waals surface area contributed by atoms with Crippen molar-refractivity contribution in [2.45, 2.75) is 12.7 Å². The molecule has 0 fully saturated rings. The van der Waals surface area contributed by atoms with Gasteiger partial charge in [0, 0.05) is 0 Å². The van der Waals surface area contributed by atoms with Crippen LogP contribution in [0.2, 0.25) is 0 Å². The van der Waals surface area contributed by atoms with Gasteiger partial charge in [-0.2, -0.15) is 0 Å². The third-order valence-electron chi connectivity index (χ3n) is 2.99. The molecule has 0 bridgehead atoms. The molecule has 0 heterocycles. The van der Waals surface area contributed by atoms with Crippen LogP contribution in [0.4, 0.5) is 4.39 Å². The highest BCUT2D eigenvalue weighted by Crippen LogP contribution is 2.13. The maximum absolute atomic E-state index is 12.7. The maximum Gasteiger partial charge on any atom is 0.123 e. The number of methoxy groups -OCH3 is 1. The molecule has 0 radical (unpaired) electrons. The molecule has 2 aromatic carbocycles. The summed E-state index contributed by atoms with van der Waals surface area (Å²) < 4.78 is 28.6. The van der Waals surface area contributed by atoms with Gasteiger partial charge in [-0.05, 0) is 42.0 Å². The van der Waals surface area contributed by atoms with Gasteiger partial charge in [0.2, 0.25) is 0 Å². The van der Waals surface area contributed by atoms with Crippen LogP contribution in [0.25, 0.3) is 0 Å². The van der Waals surface area contributed by atoms with Gasteiger partial charge in [-0.15, -0.1) is 0 Å². The van der Waals surface area contributed by atoms with Crippen molar-refractivity contribution in [1.29, 1.82) is 0 Å². The van der Waals surface area contributed by atoms with Gasteiger partial charge in [0.15, 0.2) is 0 Å². The summed E-state index contributed by atoms with van der Waals surface area (Å²) in [6.07, 6.45) is -0.747. The van der Waals surface area contributed by atoms with Crippen molar-refractivity contribution >= 4 is 0 Å². The van der Waals surface area contributed by atoms with Crippen molar-refractivity contribution in [2.24, 2.45) is 0 Å². The van der Waals surface area contributed by atoms with Crippen LogP contribution >= 0.6 is 0 Å². The summed E-state index contributed by atoms with van der Waals surface area (Å²) in [5.41, 5.74) is 0.993. The molecule has 0 saturated heterocycles. The molecule has 1 unspecified atom stereocenters. The third kappa shape index (κ3) is 5.35. The van der Waals surface area contributed by atoms with Crippen molar-refractivity contribution in [3.63, 3.8) is 0 Å². The zero-order valence-electron chi connectivity index (χ0n) is 12.4. The summed E-state index contributed by atoms with van der Waals surface area (Å²) in [7, 11) is 1.61. The number of halogens is 1. The number of ether oxygens (including phenoxy) is 3. The van der Waals surface area contributed by atoms with Crippen LogP contribution in [-0.4, -0.2) is 31.5 Å². The van der Waals surface area contributed by atoms with Gasteiger partial charge in [0.1, 0.15) is 30.0 Å². The van der Waals surface area contributed by atoms with Crippen molar-refractivity contribution in [2.75, 3.05) is 20.3 Å². The highest BCUT2D eigenvalue weighted by atomic mass is 19.1. The molecule has 4 nitrogen and oxygen atoms in total. The Morgan fingerprint density at radius 3 is 2.23 bits per heavy atom. The fourth-order valence-electron chi connectivity index (χ4n) is 1.81. The van der Waals surface area contributed by atoms with E-state index >= 15 is 0 Å². The van der Waals surface area contributed by atoms with Gasteiger partial charge >= 0.3 is 0 Å². The van der Waals surface area contributed by atoms with E-state index in [2.05, 4.69) is 0 Å². The first kappa shape index (κ1) is 16.3. The lowest BCUT2D eigenvalue weighted by Gasteiger charge is -2.13. The van der Waals surface area contributed by atoms with Crippen LogP contribution in [0, 0.1) is 5.82 Å². The Bertz CT molecular complexity index is 554. The van der Waals surface area contributed by atoms with Crippen molar-refractivity contribution in [3.05, 3.63) is 59.9 Å². The summed E-state index contributed by atoms with van der Waals surface area (Å²) >= 11 is 0. The van der Waals surface area contributed by atoms with Gasteiger partial charge in [0.25, 0.3) is 0 Å². The SMILES string of the molecule is COc1ccc(COCC(O)COc2ccc(F)cc2)cc1. The number of aliphatic hydroxyl groups excluding tert-OH is 1. The Morgan fingerprint density at radius 1 is 0.955 bits per heavy atom. The molecule has 2 aromatic rings. The second-order valence-electron chi connectivity index (χ2n) is 4.78. The first-order valence-electron chi connectivity index (χ1n) is 6.94. The predicted octanol–water partition coefficient (Wildman–Crippen LogP) is 2.79. The summed E-state index contributed by atoms with van der Waals surface area (Å²) in [5, 5.41) is 9.78. The lowest BCUT2D eigenvalue weighted by molar-refractivity contribution is 0.00547. The van der Waals surface area contributed by atoms with Gasteiger partial charge in [-0.1, -0.05) is 12.1 Å². The number of aliphatic hydroxyl groups is 1. The van der Waals surface area contributed by atoms with Gasteiger partial charge in [0.05, 0.1) is 20.3 Å². The zero-order valence-corrected chi connectivity index (χ0v) is 12.4. The Morgan fingerprint density at radius 2 is 1.59 bits per heavy atom. The fraction of sp³-hybridized carbons (Fsp3) is 0.294. The number of benzene rings is 2. The van der Waals surface area contributed by atoms with Crippen LogP contribution in [0.15, 0.2) is 48.5 Å². The van der Waals surface area contributed by atoms with E-state index in [0.29, 0.717) is 12.4 Å². The fourth-order valence-corrected chi connectivity index (χ4v) is 1.81. The van der Waals surface area contributed by atoms with E-state index < -0.39 is 6.10 Å². The lowest BCUT2D eigenvalue weighted by atomic mass is 10.2. The quantitative estimate of drug-likeness (QED) is 0.815. The number of hydrogen-bond acceptors (Lipinski definition) is 4. The Hall–Kier alpha value is -2.11. The van der Waals surface area contributed by atoms with Crippen LogP contribution in [0.3, 0.4) is 0 Å². The molecule has 0 aliphatic heterocycles. The summed E-state index contributed by atoms with van der Waals surface area (Å²) in [6, 6.07) is 13.2. The zero-order chi connectivity index (χ0) is 15.8. The van der Waals surface area contributed by atoms with Crippen molar-refractivity contribution < 1.29 is 23.7 Å². The molecule has 5 heteroatoms. The van der Waals surface area contributed by atoms with Crippen LogP contribution < -0.4 is 9.47 Å². The topological polar surface area (TPSA) is 47.9 Å². The molecule has 0 saturated carbocycles. The van der Waals surface area contributed by atoms with Crippen molar-refractivity contribution in [1.82, 2.24) is 0 Å². The molecule has 0 amide bonds. The second kappa shape index (κ2) is 8.36. The molecule has 1 N–H and O–H groups in total. The first-order chi connectivity index (χ1) is 10.7. The van der Waals surface area contributed by atoms with Gasteiger partial charge < -0.3 is 19.3 Å². The molecule has 0 aliphatic carbocycles. The van der Waals surface area contributed by atoms with Crippen LogP contribution in [0.1, 0.15) is 5.56 Å². The van der Waals surface area contributed by atoms with Gasteiger partial charge in [-0.25, -0.2) is 4.39 Å². The monoisotopic (exact) mass is 306 g/mol. The van der Waals surface area contributed by atoms with Crippen LogP contribution in [-0.2, 0) is 11.3 Å². The number of rotatable bonds is 8. The van der Waals surface area contributed by atoms with E-state index in [9.17, 15) is 9.50 Å². The Labute approximate surface area is 129 Å². The molecule has 2 rings (SSSR count). The summed E-state index contributed by atoms with van der Waals surface area (Å²) in [6.45, 7) is 0.652. The summed E-state index contributed by atoms with van der Waals surface area (Å²) in [5.74, 6) is 0.975. The van der Waals surface area contributed by atoms with Crippen LogP contribution in [0.5, 0.6) is 11.5 Å². The van der Waals surface area contributed by atoms with E-state index in [4.69, 9.17) is 14.2 Å². The molecule has 0 aliphatic rings. The molecule has 22 heavy (non-hydrogen) atoms. The Balaban J connectivity index is 1.66. The van der Waals surface area contributed by atoms with E-state index in [0.717, 1.165) is 11.3 Å². The lowest BCUT2D eigenvalue weighted by Crippen LogP contribution is -2.23. The van der Waals surface area contributed by atoms with E-state index in [1.165, 1.54) is 24.3 Å². The van der Waals surface area contributed by atoms with Gasteiger partial charge in [-0.3, -0.25) is 0 Å². The largest absolute Gasteiger partial charge is 0.497 e. The molecular weight excluding hydrogens is 287 g/mol. The molecule has 0 aromatic heterocycles. The molecule has 0 spiro atoms. The summed E-state index contributed by atoms with van der Waals surface area (Å²) in [4.78, 5) is 0. The Kier molecular flexibility index (Phi) is 6.18. The van der Waals surface area contributed by atoms with E-state index in [1.807, 2.05) is 24.3 Å². The minimum atomic E-state index is -0.747. The average molecular weight is 306 g/mol. The standard InChI is InChI=1S/C17H19FO4/c1-20-16-6-2-13(3-7-16)10-21-11-15(19)12-22-17-8-4-14(18)5-9-17/h2-9,15,19H,10-12H2,1H3. The highest BCUT2D eigenvalue weighted by Gasteiger charge is 2.06. The normalized spacial score (nSPS) is 12.0. The molecular formula is C17H19FO4. The van der Waals surface area contributed by atoms with E-state index in [-0.39, 0.29) is 19.0 Å². The molecule has 1 atom stereocenters. The average Bonchev–Trinajstić information content (AvgIpc) is 2.55. The van der Waals surface area contributed by atoms with Crippen molar-refractivity contribution in [3.8, 4) is 11.5 Å². The highest BCUT2D eigenvalue weighted by molar-refractivity contribution is 5.26. The smallest absolute Gasteiger partial charge is 0.123 e. The molecule has 118 valence electrons. The minimum absolute atomic E-state index is 0.0915. The maximum atomic E-state index is 12.7.